The molecule has 4 nitrogen and oxygen atoms in total. The topological polar surface area (TPSA) is 60.2 Å². The summed E-state index contributed by atoms with van der Waals surface area (Å²) in [6.07, 6.45) is 2.87. The molecule has 106 valence electrons. The van der Waals surface area contributed by atoms with Crippen molar-refractivity contribution >= 4 is 28.2 Å². The second kappa shape index (κ2) is 5.56. The molecule has 1 fully saturated rings. The van der Waals surface area contributed by atoms with Gasteiger partial charge in [-0.3, -0.25) is 4.98 Å². The molecule has 20 heavy (non-hydrogen) atoms. The highest BCUT2D eigenvalue weighted by Gasteiger charge is 2.39. The van der Waals surface area contributed by atoms with E-state index >= 15 is 0 Å². The summed E-state index contributed by atoms with van der Waals surface area (Å²) < 4.78 is 5.68. The second-order valence-electron chi connectivity index (χ2n) is 5.08. The van der Waals surface area contributed by atoms with Gasteiger partial charge in [-0.1, -0.05) is 11.6 Å². The van der Waals surface area contributed by atoms with E-state index in [4.69, 9.17) is 22.1 Å². The van der Waals surface area contributed by atoms with E-state index in [9.17, 15) is 0 Å². The highest BCUT2D eigenvalue weighted by atomic mass is 35.5. The van der Waals surface area contributed by atoms with Gasteiger partial charge in [0.1, 0.15) is 0 Å². The lowest BCUT2D eigenvalue weighted by Crippen LogP contribution is -2.60. The van der Waals surface area contributed by atoms with Crippen molar-refractivity contribution in [3.8, 4) is 0 Å². The first-order valence-electron chi connectivity index (χ1n) is 6.87. The average molecular weight is 292 g/mol. The zero-order chi connectivity index (χ0) is 14.1. The predicted octanol–water partition coefficient (Wildman–Crippen LogP) is 2.80. The Morgan fingerprint density at radius 3 is 3.05 bits per heavy atom. The molecule has 0 amide bonds. The summed E-state index contributed by atoms with van der Waals surface area (Å²) in [5.41, 5.74) is 7.98. The number of hydrogen-bond donors (Lipinski definition) is 2. The maximum atomic E-state index is 6.08. The monoisotopic (exact) mass is 291 g/mol. The maximum absolute atomic E-state index is 6.08. The Labute approximate surface area is 123 Å². The molecule has 2 aromatic rings. The van der Waals surface area contributed by atoms with Gasteiger partial charge in [0.2, 0.25) is 0 Å². The number of fused-ring (bicyclic) bond motifs is 1. The Bertz CT molecular complexity index is 617. The molecule has 3 unspecified atom stereocenters. The Hall–Kier alpha value is -1.36. The fourth-order valence-electron chi connectivity index (χ4n) is 2.65. The number of rotatable bonds is 4. The lowest BCUT2D eigenvalue weighted by atomic mass is 9.83. The number of aromatic nitrogens is 1. The molecule has 1 heterocycles. The molecule has 3 rings (SSSR count). The normalized spacial score (nSPS) is 25.4. The maximum Gasteiger partial charge on any atom is 0.0806 e. The number of ether oxygens (including phenoxy) is 1. The van der Waals surface area contributed by atoms with Gasteiger partial charge in [-0.2, -0.15) is 0 Å². The van der Waals surface area contributed by atoms with Gasteiger partial charge in [-0.25, -0.2) is 0 Å². The standard InChI is InChI=1S/C15H18ClN3O/c1-2-20-14-8-11(17)15(14)19-12-5-6-18-13-7-9(16)3-4-10(12)13/h3-7,11,14-15H,2,8,17H2,1H3,(H,18,19). The fraction of sp³-hybridized carbons (Fsp3) is 0.400. The largest absolute Gasteiger partial charge is 0.378 e. The summed E-state index contributed by atoms with van der Waals surface area (Å²) in [6.45, 7) is 2.72. The van der Waals surface area contributed by atoms with E-state index in [1.54, 1.807) is 6.20 Å². The summed E-state index contributed by atoms with van der Waals surface area (Å²) in [5, 5.41) is 5.23. The number of benzene rings is 1. The molecule has 0 saturated heterocycles. The number of hydrogen-bond acceptors (Lipinski definition) is 4. The molecule has 3 N–H and O–H groups in total. The van der Waals surface area contributed by atoms with E-state index in [-0.39, 0.29) is 18.2 Å². The van der Waals surface area contributed by atoms with Crippen LogP contribution in [0.15, 0.2) is 30.5 Å². The number of halogens is 1. The van der Waals surface area contributed by atoms with Crippen molar-refractivity contribution in [2.45, 2.75) is 31.5 Å². The number of nitrogens with one attached hydrogen (secondary N) is 1. The van der Waals surface area contributed by atoms with Crippen molar-refractivity contribution in [1.82, 2.24) is 4.98 Å². The summed E-state index contributed by atoms with van der Waals surface area (Å²) in [4.78, 5) is 4.34. The minimum absolute atomic E-state index is 0.127. The second-order valence-corrected chi connectivity index (χ2v) is 5.52. The minimum Gasteiger partial charge on any atom is -0.378 e. The van der Waals surface area contributed by atoms with Crippen LogP contribution in [0.5, 0.6) is 0 Å². The van der Waals surface area contributed by atoms with Crippen LogP contribution in [0.4, 0.5) is 5.69 Å². The Morgan fingerprint density at radius 1 is 1.45 bits per heavy atom. The highest BCUT2D eigenvalue weighted by molar-refractivity contribution is 6.31. The van der Waals surface area contributed by atoms with E-state index in [0.29, 0.717) is 11.6 Å². The van der Waals surface area contributed by atoms with Gasteiger partial charge in [0.05, 0.1) is 17.7 Å². The van der Waals surface area contributed by atoms with Crippen LogP contribution in [-0.4, -0.2) is 29.8 Å². The van der Waals surface area contributed by atoms with Crippen LogP contribution in [0.25, 0.3) is 10.9 Å². The molecule has 1 aromatic heterocycles. The van der Waals surface area contributed by atoms with Gasteiger partial charge < -0.3 is 15.8 Å². The van der Waals surface area contributed by atoms with Crippen LogP contribution in [0.1, 0.15) is 13.3 Å². The molecular formula is C15H18ClN3O. The first-order chi connectivity index (χ1) is 9.69. The third kappa shape index (κ3) is 2.46. The smallest absolute Gasteiger partial charge is 0.0806 e. The third-order valence-corrected chi connectivity index (χ3v) is 4.01. The fourth-order valence-corrected chi connectivity index (χ4v) is 2.82. The van der Waals surface area contributed by atoms with Crippen molar-refractivity contribution in [3.05, 3.63) is 35.5 Å². The summed E-state index contributed by atoms with van der Waals surface area (Å²) in [7, 11) is 0. The molecule has 1 aliphatic carbocycles. The zero-order valence-electron chi connectivity index (χ0n) is 11.3. The van der Waals surface area contributed by atoms with Gasteiger partial charge in [-0.05, 0) is 37.6 Å². The van der Waals surface area contributed by atoms with Gasteiger partial charge in [0, 0.05) is 34.9 Å². The molecule has 0 radical (unpaired) electrons. The predicted molar refractivity (Wildman–Crippen MR) is 82.2 cm³/mol. The van der Waals surface area contributed by atoms with Gasteiger partial charge in [0.25, 0.3) is 0 Å². The van der Waals surface area contributed by atoms with Crippen LogP contribution < -0.4 is 11.1 Å². The van der Waals surface area contributed by atoms with Crippen molar-refractivity contribution in [1.29, 1.82) is 0 Å². The number of pyridine rings is 1. The van der Waals surface area contributed by atoms with E-state index in [0.717, 1.165) is 23.0 Å². The summed E-state index contributed by atoms with van der Waals surface area (Å²) >= 11 is 6.00. The molecule has 1 aliphatic rings. The van der Waals surface area contributed by atoms with Crippen LogP contribution >= 0.6 is 11.6 Å². The molecule has 0 spiro atoms. The highest BCUT2D eigenvalue weighted by Crippen LogP contribution is 2.30. The molecule has 1 saturated carbocycles. The van der Waals surface area contributed by atoms with Crippen molar-refractivity contribution < 1.29 is 4.74 Å². The van der Waals surface area contributed by atoms with Crippen molar-refractivity contribution in [3.63, 3.8) is 0 Å². The van der Waals surface area contributed by atoms with Crippen molar-refractivity contribution in [2.75, 3.05) is 11.9 Å². The Kier molecular flexibility index (Phi) is 3.78. The minimum atomic E-state index is 0.127. The van der Waals surface area contributed by atoms with Crippen LogP contribution in [0.3, 0.4) is 0 Å². The van der Waals surface area contributed by atoms with E-state index < -0.39 is 0 Å². The van der Waals surface area contributed by atoms with Gasteiger partial charge >= 0.3 is 0 Å². The van der Waals surface area contributed by atoms with Gasteiger partial charge in [-0.15, -0.1) is 0 Å². The summed E-state index contributed by atoms with van der Waals surface area (Å²) in [6, 6.07) is 7.95. The first kappa shape index (κ1) is 13.6. The summed E-state index contributed by atoms with van der Waals surface area (Å²) in [5.74, 6) is 0. The number of nitrogens with two attached hydrogens (primary N) is 1. The van der Waals surface area contributed by atoms with Crippen LogP contribution in [0, 0.1) is 0 Å². The average Bonchev–Trinajstić information content (AvgIpc) is 2.44. The van der Waals surface area contributed by atoms with Crippen LogP contribution in [-0.2, 0) is 4.74 Å². The van der Waals surface area contributed by atoms with E-state index in [2.05, 4.69) is 10.3 Å². The quantitative estimate of drug-likeness (QED) is 0.909. The van der Waals surface area contributed by atoms with Gasteiger partial charge in [0.15, 0.2) is 0 Å². The third-order valence-electron chi connectivity index (χ3n) is 3.77. The molecule has 3 atom stereocenters. The lowest BCUT2D eigenvalue weighted by Gasteiger charge is -2.43. The van der Waals surface area contributed by atoms with E-state index in [1.165, 1.54) is 0 Å². The molecule has 5 heteroatoms. The Morgan fingerprint density at radius 2 is 2.30 bits per heavy atom. The lowest BCUT2D eigenvalue weighted by molar-refractivity contribution is -0.0125. The van der Waals surface area contributed by atoms with Crippen molar-refractivity contribution in [2.24, 2.45) is 5.73 Å². The SMILES string of the molecule is CCOC1CC(N)C1Nc1ccnc2cc(Cl)ccc12. The molecular weight excluding hydrogens is 274 g/mol. The molecule has 0 bridgehead atoms. The van der Waals surface area contributed by atoms with E-state index in [1.807, 2.05) is 31.2 Å². The Balaban J connectivity index is 1.87. The molecule has 0 aliphatic heterocycles. The molecule has 1 aromatic carbocycles. The number of nitrogens with zero attached hydrogens (tertiary/aromatic N) is 1. The first-order valence-corrected chi connectivity index (χ1v) is 7.25. The zero-order valence-corrected chi connectivity index (χ0v) is 12.1. The van der Waals surface area contributed by atoms with Crippen LogP contribution in [0.2, 0.25) is 5.02 Å². The number of anilines is 1.